The molecule has 0 bridgehead atoms. The minimum atomic E-state index is -4.44. The molecule has 0 aliphatic rings. The molecule has 0 aliphatic heterocycles. The van der Waals surface area contributed by atoms with Crippen LogP contribution in [0.3, 0.4) is 0 Å². The summed E-state index contributed by atoms with van der Waals surface area (Å²) >= 11 is 1.09. The number of alkyl halides is 3. The van der Waals surface area contributed by atoms with Crippen LogP contribution in [-0.4, -0.2) is 25.8 Å². The number of nitrogens with zero attached hydrogens (tertiary/aromatic N) is 3. The summed E-state index contributed by atoms with van der Waals surface area (Å²) in [4.78, 5) is 15.3. The first-order valence-electron chi connectivity index (χ1n) is 8.77. The van der Waals surface area contributed by atoms with Gasteiger partial charge in [-0.1, -0.05) is 42.5 Å². The molecule has 0 unspecified atom stereocenters. The third kappa shape index (κ3) is 3.59. The smallest absolute Gasteiger partial charge is 0.416 e. The average molecular weight is 429 g/mol. The number of hydrogen-bond donors (Lipinski definition) is 1. The van der Waals surface area contributed by atoms with Gasteiger partial charge in [-0.2, -0.15) is 18.3 Å². The van der Waals surface area contributed by atoms with Crippen LogP contribution >= 0.6 is 11.3 Å². The van der Waals surface area contributed by atoms with Gasteiger partial charge < -0.3 is 5.11 Å². The van der Waals surface area contributed by atoms with Gasteiger partial charge >= 0.3 is 12.1 Å². The molecule has 0 saturated heterocycles. The normalized spacial score (nSPS) is 11.6. The Labute approximate surface area is 173 Å². The van der Waals surface area contributed by atoms with Gasteiger partial charge in [0.2, 0.25) is 5.13 Å². The third-order valence-corrected chi connectivity index (χ3v) is 5.36. The van der Waals surface area contributed by atoms with E-state index in [-0.39, 0.29) is 5.69 Å². The van der Waals surface area contributed by atoms with Crippen LogP contribution in [0.4, 0.5) is 13.2 Å². The minimum absolute atomic E-state index is 0.122. The van der Waals surface area contributed by atoms with Gasteiger partial charge in [0.1, 0.15) is 0 Å². The zero-order valence-electron chi connectivity index (χ0n) is 15.5. The summed E-state index contributed by atoms with van der Waals surface area (Å²) in [7, 11) is 0. The number of carbonyl (C=O) groups is 1. The number of aromatic nitrogens is 3. The number of halogens is 3. The summed E-state index contributed by atoms with van der Waals surface area (Å²) in [5.74, 6) is -1.17. The number of carboxylic acid groups (broad SMARTS) is 1. The molecule has 5 nitrogen and oxygen atoms in total. The molecule has 1 N–H and O–H groups in total. The Morgan fingerprint density at radius 3 is 2.27 bits per heavy atom. The summed E-state index contributed by atoms with van der Waals surface area (Å²) in [6.45, 7) is 1.82. The second kappa shape index (κ2) is 7.42. The summed E-state index contributed by atoms with van der Waals surface area (Å²) < 4.78 is 40.4. The van der Waals surface area contributed by atoms with Crippen molar-refractivity contribution in [3.8, 4) is 27.6 Å². The maximum absolute atomic E-state index is 13.0. The first-order valence-corrected chi connectivity index (χ1v) is 9.65. The van der Waals surface area contributed by atoms with E-state index in [0.717, 1.165) is 34.6 Å². The zero-order chi connectivity index (χ0) is 21.5. The average Bonchev–Trinajstić information content (AvgIpc) is 3.33. The lowest BCUT2D eigenvalue weighted by atomic mass is 10.0. The highest BCUT2D eigenvalue weighted by atomic mass is 32.1. The van der Waals surface area contributed by atoms with Gasteiger partial charge in [0.05, 0.1) is 17.0 Å². The Bertz CT molecular complexity index is 1210. The SMILES string of the molecule is Cc1c(-c2ccccc2)nn(-c2nc(C(=O)O)cs2)c1-c1ccc(C(F)(F)F)cc1. The summed E-state index contributed by atoms with van der Waals surface area (Å²) in [5, 5.41) is 15.5. The quantitative estimate of drug-likeness (QED) is 0.453. The van der Waals surface area contributed by atoms with Crippen LogP contribution < -0.4 is 0 Å². The van der Waals surface area contributed by atoms with Crippen LogP contribution in [0, 0.1) is 6.92 Å². The van der Waals surface area contributed by atoms with E-state index in [4.69, 9.17) is 0 Å². The largest absolute Gasteiger partial charge is 0.476 e. The van der Waals surface area contributed by atoms with Gasteiger partial charge in [-0.05, 0) is 19.1 Å². The van der Waals surface area contributed by atoms with Gasteiger partial charge in [0.25, 0.3) is 0 Å². The summed E-state index contributed by atoms with van der Waals surface area (Å²) in [6, 6.07) is 14.1. The second-order valence-corrected chi connectivity index (χ2v) is 7.33. The van der Waals surface area contributed by atoms with Gasteiger partial charge in [-0.15, -0.1) is 11.3 Å². The Morgan fingerprint density at radius 1 is 1.03 bits per heavy atom. The van der Waals surface area contributed by atoms with Gasteiger partial charge in [-0.25, -0.2) is 14.5 Å². The molecule has 0 aliphatic carbocycles. The molecule has 2 heterocycles. The highest BCUT2D eigenvalue weighted by Crippen LogP contribution is 2.36. The molecule has 9 heteroatoms. The Balaban J connectivity index is 1.91. The van der Waals surface area contributed by atoms with E-state index in [0.29, 0.717) is 22.1 Å². The summed E-state index contributed by atoms with van der Waals surface area (Å²) in [6.07, 6.45) is -4.44. The first kappa shape index (κ1) is 19.8. The molecule has 0 saturated carbocycles. The Hall–Kier alpha value is -3.46. The molecule has 0 radical (unpaired) electrons. The monoisotopic (exact) mass is 429 g/mol. The molecule has 0 fully saturated rings. The fourth-order valence-electron chi connectivity index (χ4n) is 3.12. The lowest BCUT2D eigenvalue weighted by Crippen LogP contribution is -2.05. The van der Waals surface area contributed by atoms with E-state index in [2.05, 4.69) is 10.1 Å². The molecule has 4 aromatic rings. The molecule has 0 atom stereocenters. The maximum Gasteiger partial charge on any atom is 0.416 e. The standard InChI is InChI=1S/C21H14F3N3O2S/c1-12-17(13-5-3-2-4-6-13)26-27(20-25-16(11-30-20)19(28)29)18(12)14-7-9-15(10-8-14)21(22,23)24/h2-11H,1H3,(H,28,29). The van der Waals surface area contributed by atoms with Crippen molar-refractivity contribution >= 4 is 17.3 Å². The van der Waals surface area contributed by atoms with Crippen LogP contribution in [0.25, 0.3) is 27.6 Å². The predicted octanol–water partition coefficient (Wildman–Crippen LogP) is 5.69. The number of thiazole rings is 1. The van der Waals surface area contributed by atoms with Crippen LogP contribution in [0.15, 0.2) is 60.0 Å². The second-order valence-electron chi connectivity index (χ2n) is 6.50. The third-order valence-electron chi connectivity index (χ3n) is 4.55. The van der Waals surface area contributed by atoms with Gasteiger partial charge in [-0.3, -0.25) is 0 Å². The maximum atomic E-state index is 13.0. The molecule has 0 spiro atoms. The summed E-state index contributed by atoms with van der Waals surface area (Å²) in [5.41, 5.74) is 2.40. The van der Waals surface area contributed by atoms with E-state index in [1.165, 1.54) is 22.2 Å². The number of carboxylic acids is 1. The van der Waals surface area contributed by atoms with E-state index >= 15 is 0 Å². The van der Waals surface area contributed by atoms with Crippen LogP contribution in [-0.2, 0) is 6.18 Å². The van der Waals surface area contributed by atoms with Crippen LogP contribution in [0.5, 0.6) is 0 Å². The highest BCUT2D eigenvalue weighted by Gasteiger charge is 2.30. The van der Waals surface area contributed by atoms with Crippen molar-refractivity contribution in [2.75, 3.05) is 0 Å². The molecule has 30 heavy (non-hydrogen) atoms. The minimum Gasteiger partial charge on any atom is -0.476 e. The first-order chi connectivity index (χ1) is 14.3. The zero-order valence-corrected chi connectivity index (χ0v) is 16.3. The number of aromatic carboxylic acids is 1. The van der Waals surface area contributed by atoms with E-state index in [1.807, 2.05) is 37.3 Å². The predicted molar refractivity (Wildman–Crippen MR) is 107 cm³/mol. The van der Waals surface area contributed by atoms with E-state index in [1.54, 1.807) is 0 Å². The van der Waals surface area contributed by atoms with Crippen molar-refractivity contribution in [3.63, 3.8) is 0 Å². The van der Waals surface area contributed by atoms with Crippen molar-refractivity contribution in [1.29, 1.82) is 0 Å². The van der Waals surface area contributed by atoms with Gasteiger partial charge in [0, 0.05) is 22.1 Å². The molecule has 2 aromatic heterocycles. The molecule has 152 valence electrons. The van der Waals surface area contributed by atoms with E-state index < -0.39 is 17.7 Å². The van der Waals surface area contributed by atoms with Crippen molar-refractivity contribution in [3.05, 3.63) is 76.8 Å². The molecule has 4 rings (SSSR count). The molecular formula is C21H14F3N3O2S. The van der Waals surface area contributed by atoms with Crippen molar-refractivity contribution in [2.24, 2.45) is 0 Å². The van der Waals surface area contributed by atoms with E-state index in [9.17, 15) is 23.1 Å². The fourth-order valence-corrected chi connectivity index (χ4v) is 3.87. The highest BCUT2D eigenvalue weighted by molar-refractivity contribution is 7.12. The topological polar surface area (TPSA) is 68.0 Å². The lowest BCUT2D eigenvalue weighted by Gasteiger charge is -2.09. The Morgan fingerprint density at radius 2 is 1.70 bits per heavy atom. The van der Waals surface area contributed by atoms with Crippen LogP contribution in [0.2, 0.25) is 0 Å². The molecule has 2 aromatic carbocycles. The van der Waals surface area contributed by atoms with Crippen LogP contribution in [0.1, 0.15) is 21.6 Å². The Kier molecular flexibility index (Phi) is 4.90. The lowest BCUT2D eigenvalue weighted by molar-refractivity contribution is -0.137. The van der Waals surface area contributed by atoms with Gasteiger partial charge in [0.15, 0.2) is 5.69 Å². The fraction of sp³-hybridized carbons (Fsp3) is 0.0952. The number of hydrogen-bond acceptors (Lipinski definition) is 4. The van der Waals surface area contributed by atoms with Crippen molar-refractivity contribution < 1.29 is 23.1 Å². The van der Waals surface area contributed by atoms with Crippen molar-refractivity contribution in [2.45, 2.75) is 13.1 Å². The number of benzene rings is 2. The molecule has 0 amide bonds. The van der Waals surface area contributed by atoms with Crippen molar-refractivity contribution in [1.82, 2.24) is 14.8 Å². The molecular weight excluding hydrogens is 415 g/mol. The number of rotatable bonds is 4.